The largest absolute Gasteiger partial charge is 0.489 e. The van der Waals surface area contributed by atoms with Crippen molar-refractivity contribution in [3.05, 3.63) is 101 Å². The molecule has 0 atom stereocenters. The van der Waals surface area contributed by atoms with E-state index in [2.05, 4.69) is 12.1 Å². The third kappa shape index (κ3) is 4.73. The van der Waals surface area contributed by atoms with Crippen LogP contribution in [0, 0.1) is 0 Å². The van der Waals surface area contributed by atoms with Gasteiger partial charge >= 0.3 is 5.97 Å². The molecular formula is C23H22O3. The Kier molecular flexibility index (Phi) is 6.05. The fourth-order valence-electron chi connectivity index (χ4n) is 2.82. The van der Waals surface area contributed by atoms with Gasteiger partial charge in [0.2, 0.25) is 0 Å². The lowest BCUT2D eigenvalue weighted by Gasteiger charge is -2.13. The fourth-order valence-corrected chi connectivity index (χ4v) is 2.82. The summed E-state index contributed by atoms with van der Waals surface area (Å²) in [5.74, 6) is 0.470. The van der Waals surface area contributed by atoms with Crippen LogP contribution in [0.3, 0.4) is 0 Å². The molecule has 0 bridgehead atoms. The summed E-state index contributed by atoms with van der Waals surface area (Å²) < 4.78 is 10.9. The molecule has 0 saturated heterocycles. The second-order valence-corrected chi connectivity index (χ2v) is 6.07. The van der Waals surface area contributed by atoms with Gasteiger partial charge in [0.1, 0.15) is 12.4 Å². The molecule has 0 radical (unpaired) electrons. The first-order valence-electron chi connectivity index (χ1n) is 8.68. The molecule has 3 rings (SSSR count). The van der Waals surface area contributed by atoms with E-state index in [0.29, 0.717) is 12.2 Å². The van der Waals surface area contributed by atoms with Crippen LogP contribution in [-0.4, -0.2) is 13.1 Å². The molecule has 132 valence electrons. The minimum absolute atomic E-state index is 0.333. The summed E-state index contributed by atoms with van der Waals surface area (Å²) in [6, 6.07) is 25.8. The summed E-state index contributed by atoms with van der Waals surface area (Å²) in [7, 11) is 1.39. The fraction of sp³-hybridized carbons (Fsp3) is 0.174. The zero-order chi connectivity index (χ0) is 18.2. The number of methoxy groups -OCH3 is 1. The monoisotopic (exact) mass is 346 g/mol. The van der Waals surface area contributed by atoms with Crippen LogP contribution in [0.1, 0.15) is 27.0 Å². The molecule has 3 aromatic rings. The summed E-state index contributed by atoms with van der Waals surface area (Å²) >= 11 is 0. The van der Waals surface area contributed by atoms with Crippen molar-refractivity contribution in [1.82, 2.24) is 0 Å². The third-order valence-corrected chi connectivity index (χ3v) is 4.24. The van der Waals surface area contributed by atoms with Crippen molar-refractivity contribution < 1.29 is 14.3 Å². The van der Waals surface area contributed by atoms with E-state index >= 15 is 0 Å². The molecule has 0 N–H and O–H groups in total. The summed E-state index contributed by atoms with van der Waals surface area (Å²) in [5.41, 5.74) is 3.92. The molecule has 0 aliphatic rings. The SMILES string of the molecule is COC(=O)c1ccc(OCc2ccccc2)c(CCc2ccccc2)c1. The number of ether oxygens (including phenoxy) is 2. The van der Waals surface area contributed by atoms with Gasteiger partial charge in [0.15, 0.2) is 0 Å². The summed E-state index contributed by atoms with van der Waals surface area (Å²) in [6.07, 6.45) is 1.67. The van der Waals surface area contributed by atoms with Crippen LogP contribution in [0.15, 0.2) is 78.9 Å². The highest BCUT2D eigenvalue weighted by molar-refractivity contribution is 5.89. The molecule has 26 heavy (non-hydrogen) atoms. The van der Waals surface area contributed by atoms with Crippen LogP contribution in [-0.2, 0) is 24.2 Å². The molecule has 0 aliphatic heterocycles. The Bertz CT molecular complexity index is 842. The minimum atomic E-state index is -0.333. The van der Waals surface area contributed by atoms with Crippen LogP contribution in [0.25, 0.3) is 0 Å². The van der Waals surface area contributed by atoms with E-state index in [9.17, 15) is 4.79 Å². The third-order valence-electron chi connectivity index (χ3n) is 4.24. The molecule has 3 nitrogen and oxygen atoms in total. The predicted octanol–water partition coefficient (Wildman–Crippen LogP) is 4.84. The number of hydrogen-bond donors (Lipinski definition) is 0. The second kappa shape index (κ2) is 8.86. The Hall–Kier alpha value is -3.07. The zero-order valence-corrected chi connectivity index (χ0v) is 14.9. The van der Waals surface area contributed by atoms with Gasteiger partial charge in [0.25, 0.3) is 0 Å². The van der Waals surface area contributed by atoms with Gasteiger partial charge in [-0.3, -0.25) is 0 Å². The average Bonchev–Trinajstić information content (AvgIpc) is 2.72. The number of rotatable bonds is 7. The maximum absolute atomic E-state index is 11.9. The highest BCUT2D eigenvalue weighted by atomic mass is 16.5. The second-order valence-electron chi connectivity index (χ2n) is 6.07. The number of esters is 1. The first-order chi connectivity index (χ1) is 12.8. The standard InChI is InChI=1S/C23H22O3/c1-25-23(24)21-14-15-22(26-17-19-10-6-3-7-11-19)20(16-21)13-12-18-8-4-2-5-9-18/h2-11,14-16H,12-13,17H2,1H3. The molecule has 3 aromatic carbocycles. The Balaban J connectivity index is 1.78. The van der Waals surface area contributed by atoms with Crippen molar-refractivity contribution in [2.45, 2.75) is 19.4 Å². The summed E-state index contributed by atoms with van der Waals surface area (Å²) in [6.45, 7) is 0.497. The van der Waals surface area contributed by atoms with Crippen molar-refractivity contribution >= 4 is 5.97 Å². The lowest BCUT2D eigenvalue weighted by atomic mass is 10.0. The lowest BCUT2D eigenvalue weighted by molar-refractivity contribution is 0.0600. The van der Waals surface area contributed by atoms with E-state index in [-0.39, 0.29) is 5.97 Å². The van der Waals surface area contributed by atoms with Crippen molar-refractivity contribution in [3.63, 3.8) is 0 Å². The summed E-state index contributed by atoms with van der Waals surface area (Å²) in [4.78, 5) is 11.9. The van der Waals surface area contributed by atoms with E-state index < -0.39 is 0 Å². The van der Waals surface area contributed by atoms with E-state index in [0.717, 1.165) is 29.7 Å². The van der Waals surface area contributed by atoms with Gasteiger partial charge in [-0.25, -0.2) is 4.79 Å². The Labute approximate surface area is 154 Å². The summed E-state index contributed by atoms with van der Waals surface area (Å²) in [5, 5.41) is 0. The van der Waals surface area contributed by atoms with Crippen LogP contribution in [0.4, 0.5) is 0 Å². The van der Waals surface area contributed by atoms with Crippen LogP contribution >= 0.6 is 0 Å². The first-order valence-corrected chi connectivity index (χ1v) is 8.68. The maximum atomic E-state index is 11.9. The van der Waals surface area contributed by atoms with Gasteiger partial charge in [-0.2, -0.15) is 0 Å². The van der Waals surface area contributed by atoms with Gasteiger partial charge < -0.3 is 9.47 Å². The van der Waals surface area contributed by atoms with Gasteiger partial charge in [0.05, 0.1) is 12.7 Å². The van der Waals surface area contributed by atoms with Crippen LogP contribution in [0.2, 0.25) is 0 Å². The predicted molar refractivity (Wildman–Crippen MR) is 102 cm³/mol. The number of carbonyl (C=O) groups is 1. The highest BCUT2D eigenvalue weighted by Crippen LogP contribution is 2.24. The molecule has 3 heteroatoms. The van der Waals surface area contributed by atoms with Crippen molar-refractivity contribution in [2.75, 3.05) is 7.11 Å². The number of hydrogen-bond acceptors (Lipinski definition) is 3. The molecule has 0 heterocycles. The Morgan fingerprint density at radius 2 is 1.46 bits per heavy atom. The average molecular weight is 346 g/mol. The van der Waals surface area contributed by atoms with E-state index in [1.807, 2.05) is 60.7 Å². The maximum Gasteiger partial charge on any atom is 0.337 e. The van der Waals surface area contributed by atoms with Gasteiger partial charge in [-0.15, -0.1) is 0 Å². The van der Waals surface area contributed by atoms with Gasteiger partial charge in [-0.05, 0) is 47.7 Å². The molecule has 0 unspecified atom stereocenters. The molecule has 0 aromatic heterocycles. The number of carbonyl (C=O) groups excluding carboxylic acids is 1. The highest BCUT2D eigenvalue weighted by Gasteiger charge is 2.11. The Morgan fingerprint density at radius 1 is 0.808 bits per heavy atom. The smallest absolute Gasteiger partial charge is 0.337 e. The number of benzene rings is 3. The molecule has 0 fully saturated rings. The van der Waals surface area contributed by atoms with Crippen molar-refractivity contribution in [2.24, 2.45) is 0 Å². The quantitative estimate of drug-likeness (QED) is 0.574. The van der Waals surface area contributed by atoms with E-state index in [1.54, 1.807) is 6.07 Å². The molecule has 0 saturated carbocycles. The van der Waals surface area contributed by atoms with Crippen LogP contribution in [0.5, 0.6) is 5.75 Å². The molecule has 0 amide bonds. The minimum Gasteiger partial charge on any atom is -0.489 e. The van der Waals surface area contributed by atoms with E-state index in [4.69, 9.17) is 9.47 Å². The van der Waals surface area contributed by atoms with E-state index in [1.165, 1.54) is 12.7 Å². The lowest BCUT2D eigenvalue weighted by Crippen LogP contribution is -2.05. The normalized spacial score (nSPS) is 10.3. The van der Waals surface area contributed by atoms with Crippen molar-refractivity contribution in [3.8, 4) is 5.75 Å². The van der Waals surface area contributed by atoms with Crippen LogP contribution < -0.4 is 4.74 Å². The van der Waals surface area contributed by atoms with Gasteiger partial charge in [-0.1, -0.05) is 60.7 Å². The molecule has 0 aliphatic carbocycles. The zero-order valence-electron chi connectivity index (χ0n) is 14.9. The van der Waals surface area contributed by atoms with Gasteiger partial charge in [0, 0.05) is 0 Å². The Morgan fingerprint density at radius 3 is 2.12 bits per heavy atom. The van der Waals surface area contributed by atoms with Crippen molar-refractivity contribution in [1.29, 1.82) is 0 Å². The molecule has 0 spiro atoms. The number of aryl methyl sites for hydroxylation is 2. The topological polar surface area (TPSA) is 35.5 Å². The molecular weight excluding hydrogens is 324 g/mol. The first kappa shape index (κ1) is 17.7.